The smallest absolute Gasteiger partial charge is 0.309 e. The lowest BCUT2D eigenvalue weighted by Gasteiger charge is -2.08. The highest BCUT2D eigenvalue weighted by molar-refractivity contribution is 6.35. The van der Waals surface area contributed by atoms with Gasteiger partial charge in [0.25, 0.3) is 0 Å². The molecule has 0 fully saturated rings. The first-order valence-electron chi connectivity index (χ1n) is 7.44. The third kappa shape index (κ3) is 7.64. The standard InChI is InChI=1S/C16H24N2O4/c1-12(2)22-11-3-9-17-15(20)16(21)18-10-8-13-4-6-14(19)7-5-13/h4-7,12,19H,3,8-11H2,1-2H3,(H,17,20)(H,18,21). The van der Waals surface area contributed by atoms with Crippen LogP contribution in [0.4, 0.5) is 0 Å². The molecule has 0 saturated carbocycles. The fourth-order valence-corrected chi connectivity index (χ4v) is 1.74. The second-order valence-corrected chi connectivity index (χ2v) is 5.20. The number of amides is 2. The predicted octanol–water partition coefficient (Wildman–Crippen LogP) is 0.982. The normalized spacial score (nSPS) is 10.5. The lowest BCUT2D eigenvalue weighted by Crippen LogP contribution is -2.41. The molecular weight excluding hydrogens is 284 g/mol. The Balaban J connectivity index is 2.13. The second-order valence-electron chi connectivity index (χ2n) is 5.20. The number of hydrogen-bond acceptors (Lipinski definition) is 4. The molecule has 0 unspecified atom stereocenters. The summed E-state index contributed by atoms with van der Waals surface area (Å²) in [5.41, 5.74) is 0.976. The largest absolute Gasteiger partial charge is 0.508 e. The Labute approximate surface area is 130 Å². The SMILES string of the molecule is CC(C)OCCCNC(=O)C(=O)NCCc1ccc(O)cc1. The maximum atomic E-state index is 11.6. The van der Waals surface area contributed by atoms with Gasteiger partial charge in [-0.25, -0.2) is 0 Å². The van der Waals surface area contributed by atoms with Crippen LogP contribution in [0.1, 0.15) is 25.8 Å². The van der Waals surface area contributed by atoms with Crippen molar-refractivity contribution in [2.45, 2.75) is 32.8 Å². The van der Waals surface area contributed by atoms with E-state index in [1.807, 2.05) is 13.8 Å². The molecule has 1 aromatic carbocycles. The third-order valence-electron chi connectivity index (χ3n) is 2.90. The molecule has 1 rings (SSSR count). The minimum Gasteiger partial charge on any atom is -0.508 e. The molecule has 0 saturated heterocycles. The van der Waals surface area contributed by atoms with Crippen LogP contribution in [-0.4, -0.2) is 42.7 Å². The summed E-state index contributed by atoms with van der Waals surface area (Å²) in [5.74, 6) is -1.06. The summed E-state index contributed by atoms with van der Waals surface area (Å²) in [6.07, 6.45) is 1.44. The van der Waals surface area contributed by atoms with Crippen LogP contribution in [0.15, 0.2) is 24.3 Å². The molecule has 0 aliphatic rings. The van der Waals surface area contributed by atoms with Crippen LogP contribution >= 0.6 is 0 Å². The van der Waals surface area contributed by atoms with E-state index in [-0.39, 0.29) is 11.9 Å². The summed E-state index contributed by atoms with van der Waals surface area (Å²) in [6, 6.07) is 6.72. The average molecular weight is 308 g/mol. The van der Waals surface area contributed by atoms with Gasteiger partial charge >= 0.3 is 11.8 Å². The fourth-order valence-electron chi connectivity index (χ4n) is 1.74. The van der Waals surface area contributed by atoms with Crippen molar-refractivity contribution in [3.63, 3.8) is 0 Å². The number of benzene rings is 1. The van der Waals surface area contributed by atoms with Gasteiger partial charge in [-0.3, -0.25) is 9.59 Å². The summed E-state index contributed by atoms with van der Waals surface area (Å²) in [4.78, 5) is 23.1. The predicted molar refractivity (Wildman–Crippen MR) is 83.5 cm³/mol. The Bertz CT molecular complexity index is 472. The van der Waals surface area contributed by atoms with Crippen molar-refractivity contribution in [3.8, 4) is 5.75 Å². The zero-order valence-corrected chi connectivity index (χ0v) is 13.1. The van der Waals surface area contributed by atoms with Gasteiger partial charge in [0.15, 0.2) is 0 Å². The fraction of sp³-hybridized carbons (Fsp3) is 0.500. The molecule has 0 heterocycles. The molecule has 122 valence electrons. The molecule has 0 radical (unpaired) electrons. The van der Waals surface area contributed by atoms with Crippen molar-refractivity contribution < 1.29 is 19.4 Å². The first kappa shape index (κ1) is 18.0. The first-order chi connectivity index (χ1) is 10.5. The topological polar surface area (TPSA) is 87.7 Å². The van der Waals surface area contributed by atoms with Crippen LogP contribution < -0.4 is 10.6 Å². The molecule has 2 amide bonds. The molecule has 1 aromatic rings. The van der Waals surface area contributed by atoms with Gasteiger partial charge in [-0.1, -0.05) is 12.1 Å². The van der Waals surface area contributed by atoms with Crippen LogP contribution in [0.25, 0.3) is 0 Å². The van der Waals surface area contributed by atoms with Crippen molar-refractivity contribution in [1.82, 2.24) is 10.6 Å². The lowest BCUT2D eigenvalue weighted by molar-refractivity contribution is -0.139. The van der Waals surface area contributed by atoms with E-state index in [2.05, 4.69) is 10.6 Å². The van der Waals surface area contributed by atoms with Gasteiger partial charge in [-0.2, -0.15) is 0 Å². The summed E-state index contributed by atoms with van der Waals surface area (Å²) < 4.78 is 5.34. The quantitative estimate of drug-likeness (QED) is 0.493. The van der Waals surface area contributed by atoms with Gasteiger partial charge in [0.2, 0.25) is 0 Å². The van der Waals surface area contributed by atoms with Crippen LogP contribution in [0.3, 0.4) is 0 Å². The number of aromatic hydroxyl groups is 1. The molecule has 22 heavy (non-hydrogen) atoms. The Hall–Kier alpha value is -2.08. The van der Waals surface area contributed by atoms with E-state index in [0.717, 1.165) is 5.56 Å². The Morgan fingerprint density at radius 2 is 1.68 bits per heavy atom. The molecule has 0 aromatic heterocycles. The Morgan fingerprint density at radius 1 is 1.09 bits per heavy atom. The van der Waals surface area contributed by atoms with E-state index < -0.39 is 11.8 Å². The number of rotatable bonds is 8. The van der Waals surface area contributed by atoms with Crippen molar-refractivity contribution in [2.75, 3.05) is 19.7 Å². The van der Waals surface area contributed by atoms with Gasteiger partial charge in [0.05, 0.1) is 6.10 Å². The third-order valence-corrected chi connectivity index (χ3v) is 2.90. The van der Waals surface area contributed by atoms with Gasteiger partial charge < -0.3 is 20.5 Å². The minimum absolute atomic E-state index is 0.166. The summed E-state index contributed by atoms with van der Waals surface area (Å²) in [5, 5.41) is 14.3. The summed E-state index contributed by atoms with van der Waals surface area (Å²) >= 11 is 0. The van der Waals surface area contributed by atoms with E-state index in [1.165, 1.54) is 0 Å². The highest BCUT2D eigenvalue weighted by atomic mass is 16.5. The van der Waals surface area contributed by atoms with Crippen molar-refractivity contribution >= 4 is 11.8 Å². The van der Waals surface area contributed by atoms with Crippen LogP contribution in [0.2, 0.25) is 0 Å². The van der Waals surface area contributed by atoms with Crippen molar-refractivity contribution in [2.24, 2.45) is 0 Å². The Morgan fingerprint density at radius 3 is 2.27 bits per heavy atom. The first-order valence-corrected chi connectivity index (χ1v) is 7.44. The molecule has 0 bridgehead atoms. The molecule has 0 aliphatic heterocycles. The van der Waals surface area contributed by atoms with Gasteiger partial charge in [0.1, 0.15) is 5.75 Å². The summed E-state index contributed by atoms with van der Waals surface area (Å²) in [7, 11) is 0. The van der Waals surface area contributed by atoms with E-state index in [4.69, 9.17) is 9.84 Å². The molecule has 0 atom stereocenters. The number of ether oxygens (including phenoxy) is 1. The van der Waals surface area contributed by atoms with Gasteiger partial charge in [-0.15, -0.1) is 0 Å². The monoisotopic (exact) mass is 308 g/mol. The highest BCUT2D eigenvalue weighted by Crippen LogP contribution is 2.09. The number of nitrogens with one attached hydrogen (secondary N) is 2. The zero-order valence-electron chi connectivity index (χ0n) is 13.1. The lowest BCUT2D eigenvalue weighted by atomic mass is 10.1. The number of phenols is 1. The number of carbonyl (C=O) groups is 2. The van der Waals surface area contributed by atoms with Crippen LogP contribution in [-0.2, 0) is 20.7 Å². The van der Waals surface area contributed by atoms with Crippen LogP contribution in [0.5, 0.6) is 5.75 Å². The Kier molecular flexibility index (Phi) is 7.99. The van der Waals surface area contributed by atoms with E-state index >= 15 is 0 Å². The molecule has 6 heteroatoms. The number of phenolic OH excluding ortho intramolecular Hbond substituents is 1. The number of hydrogen-bond donors (Lipinski definition) is 3. The second kappa shape index (κ2) is 9.78. The van der Waals surface area contributed by atoms with Crippen LogP contribution in [0, 0.1) is 0 Å². The maximum Gasteiger partial charge on any atom is 0.309 e. The van der Waals surface area contributed by atoms with Crippen molar-refractivity contribution in [3.05, 3.63) is 29.8 Å². The molecule has 0 aliphatic carbocycles. The average Bonchev–Trinajstić information content (AvgIpc) is 2.48. The highest BCUT2D eigenvalue weighted by Gasteiger charge is 2.11. The van der Waals surface area contributed by atoms with Crippen molar-refractivity contribution in [1.29, 1.82) is 0 Å². The van der Waals surface area contributed by atoms with E-state index in [9.17, 15) is 9.59 Å². The van der Waals surface area contributed by atoms with E-state index in [0.29, 0.717) is 32.5 Å². The number of carbonyl (C=O) groups excluding carboxylic acids is 2. The maximum absolute atomic E-state index is 11.6. The van der Waals surface area contributed by atoms with Gasteiger partial charge in [-0.05, 0) is 44.4 Å². The van der Waals surface area contributed by atoms with Gasteiger partial charge in [0, 0.05) is 19.7 Å². The molecular formula is C16H24N2O4. The molecule has 0 spiro atoms. The zero-order chi connectivity index (χ0) is 16.4. The minimum atomic E-state index is -0.636. The molecule has 3 N–H and O–H groups in total. The summed E-state index contributed by atoms with van der Waals surface area (Å²) in [6.45, 7) is 5.23. The molecule has 6 nitrogen and oxygen atoms in total. The van der Waals surface area contributed by atoms with E-state index in [1.54, 1.807) is 24.3 Å².